The van der Waals surface area contributed by atoms with E-state index in [-0.39, 0.29) is 0 Å². The first kappa shape index (κ1) is 15.2. The van der Waals surface area contributed by atoms with Crippen LogP contribution in [0.3, 0.4) is 0 Å². The molecule has 1 aliphatic heterocycles. The van der Waals surface area contributed by atoms with Crippen molar-refractivity contribution in [1.29, 1.82) is 0 Å². The zero-order valence-corrected chi connectivity index (χ0v) is 13.1. The fraction of sp³-hybridized carbons (Fsp3) is 1.00. The van der Waals surface area contributed by atoms with Crippen LogP contribution in [0.25, 0.3) is 0 Å². The van der Waals surface area contributed by atoms with E-state index < -0.39 is 10.0 Å². The number of nitrogens with zero attached hydrogens (tertiary/aromatic N) is 2. The summed E-state index contributed by atoms with van der Waals surface area (Å²) < 4.78 is 24.5. The van der Waals surface area contributed by atoms with Gasteiger partial charge in [-0.25, -0.2) is 8.42 Å². The Kier molecular flexibility index (Phi) is 4.87. The molecule has 6 heteroatoms. The van der Waals surface area contributed by atoms with Crippen LogP contribution < -0.4 is 5.32 Å². The van der Waals surface area contributed by atoms with Gasteiger partial charge in [-0.05, 0) is 32.2 Å². The molecule has 2 fully saturated rings. The van der Waals surface area contributed by atoms with Crippen molar-refractivity contribution < 1.29 is 8.42 Å². The van der Waals surface area contributed by atoms with Gasteiger partial charge in [0.05, 0.1) is 6.26 Å². The summed E-state index contributed by atoms with van der Waals surface area (Å²) in [7, 11) is -3.01. The SMILES string of the molecule is CC(CNC1CC1)C(C)N1CCN(S(C)(=O)=O)CC1. The van der Waals surface area contributed by atoms with Crippen LogP contribution in [0, 0.1) is 5.92 Å². The summed E-state index contributed by atoms with van der Waals surface area (Å²) >= 11 is 0. The lowest BCUT2D eigenvalue weighted by Crippen LogP contribution is -2.53. The standard InChI is InChI=1S/C13H27N3O2S/c1-11(10-14-13-4-5-13)12(2)15-6-8-16(9-7-15)19(3,17)18/h11-14H,4-10H2,1-3H3. The summed E-state index contributed by atoms with van der Waals surface area (Å²) in [5.41, 5.74) is 0. The molecule has 0 aromatic carbocycles. The van der Waals surface area contributed by atoms with Crippen molar-refractivity contribution in [3.63, 3.8) is 0 Å². The third-order valence-electron chi connectivity index (χ3n) is 4.45. The van der Waals surface area contributed by atoms with Gasteiger partial charge in [0.2, 0.25) is 10.0 Å². The van der Waals surface area contributed by atoms with Crippen molar-refractivity contribution in [2.75, 3.05) is 39.0 Å². The first-order valence-corrected chi connectivity index (χ1v) is 9.15. The molecule has 19 heavy (non-hydrogen) atoms. The van der Waals surface area contributed by atoms with Gasteiger partial charge in [0, 0.05) is 38.3 Å². The number of rotatable bonds is 6. The van der Waals surface area contributed by atoms with Gasteiger partial charge >= 0.3 is 0 Å². The second-order valence-corrected chi connectivity index (χ2v) is 8.08. The van der Waals surface area contributed by atoms with E-state index >= 15 is 0 Å². The lowest BCUT2D eigenvalue weighted by molar-refractivity contribution is 0.113. The van der Waals surface area contributed by atoms with E-state index in [1.54, 1.807) is 4.31 Å². The highest BCUT2D eigenvalue weighted by Gasteiger charge is 2.29. The maximum atomic E-state index is 11.5. The zero-order valence-electron chi connectivity index (χ0n) is 12.3. The van der Waals surface area contributed by atoms with Crippen molar-refractivity contribution in [2.45, 2.75) is 38.8 Å². The van der Waals surface area contributed by atoms with Crippen molar-refractivity contribution >= 4 is 10.0 Å². The van der Waals surface area contributed by atoms with E-state index in [9.17, 15) is 8.42 Å². The molecule has 5 nitrogen and oxygen atoms in total. The highest BCUT2D eigenvalue weighted by atomic mass is 32.2. The normalized spacial score (nSPS) is 26.3. The number of piperazine rings is 1. The molecule has 2 atom stereocenters. The Bertz CT molecular complexity index is 387. The van der Waals surface area contributed by atoms with Gasteiger partial charge in [-0.2, -0.15) is 4.31 Å². The number of nitrogens with one attached hydrogen (secondary N) is 1. The maximum Gasteiger partial charge on any atom is 0.211 e. The van der Waals surface area contributed by atoms with Gasteiger partial charge in [-0.1, -0.05) is 6.92 Å². The Morgan fingerprint density at radius 2 is 1.74 bits per heavy atom. The van der Waals surface area contributed by atoms with Gasteiger partial charge in [0.15, 0.2) is 0 Å². The average Bonchev–Trinajstić information content (AvgIpc) is 3.18. The maximum absolute atomic E-state index is 11.5. The molecule has 2 unspecified atom stereocenters. The predicted molar refractivity (Wildman–Crippen MR) is 77.6 cm³/mol. The highest BCUT2D eigenvalue weighted by molar-refractivity contribution is 7.88. The molecule has 1 heterocycles. The quantitative estimate of drug-likeness (QED) is 0.766. The molecule has 1 aliphatic carbocycles. The fourth-order valence-corrected chi connectivity index (χ4v) is 3.44. The molecule has 2 aliphatic rings. The summed E-state index contributed by atoms with van der Waals surface area (Å²) in [6.07, 6.45) is 3.95. The molecule has 0 spiro atoms. The number of hydrogen-bond acceptors (Lipinski definition) is 4. The Balaban J connectivity index is 1.76. The van der Waals surface area contributed by atoms with Gasteiger partial charge in [0.1, 0.15) is 0 Å². The van der Waals surface area contributed by atoms with Gasteiger partial charge in [-0.15, -0.1) is 0 Å². The summed E-state index contributed by atoms with van der Waals surface area (Å²) in [5.74, 6) is 0.602. The second-order valence-electron chi connectivity index (χ2n) is 6.10. The van der Waals surface area contributed by atoms with Crippen LogP contribution in [-0.4, -0.2) is 68.7 Å². The molecular formula is C13H27N3O2S. The monoisotopic (exact) mass is 289 g/mol. The van der Waals surface area contributed by atoms with Crippen molar-refractivity contribution in [3.8, 4) is 0 Å². The predicted octanol–water partition coefficient (Wildman–Crippen LogP) is 0.340. The first-order valence-electron chi connectivity index (χ1n) is 7.30. The van der Waals surface area contributed by atoms with Gasteiger partial charge < -0.3 is 5.32 Å². The molecule has 0 aromatic heterocycles. The Labute approximate surface area is 117 Å². The summed E-state index contributed by atoms with van der Waals surface area (Å²) in [5, 5.41) is 3.58. The van der Waals surface area contributed by atoms with E-state index in [1.165, 1.54) is 19.1 Å². The molecule has 0 radical (unpaired) electrons. The van der Waals surface area contributed by atoms with Crippen molar-refractivity contribution in [2.24, 2.45) is 5.92 Å². The summed E-state index contributed by atoms with van der Waals surface area (Å²) in [6, 6.07) is 1.27. The van der Waals surface area contributed by atoms with Gasteiger partial charge in [-0.3, -0.25) is 4.90 Å². The van der Waals surface area contributed by atoms with Crippen LogP contribution in [0.15, 0.2) is 0 Å². The molecular weight excluding hydrogens is 262 g/mol. The Morgan fingerprint density at radius 1 is 1.16 bits per heavy atom. The molecule has 1 saturated heterocycles. The van der Waals surface area contributed by atoms with Crippen LogP contribution in [0.4, 0.5) is 0 Å². The molecule has 0 amide bonds. The topological polar surface area (TPSA) is 52.6 Å². The minimum atomic E-state index is -3.01. The lowest BCUT2D eigenvalue weighted by Gasteiger charge is -2.39. The average molecular weight is 289 g/mol. The van der Waals surface area contributed by atoms with E-state index in [0.717, 1.165) is 25.7 Å². The third kappa shape index (κ3) is 4.41. The number of sulfonamides is 1. The Morgan fingerprint density at radius 3 is 2.21 bits per heavy atom. The molecule has 2 rings (SSSR count). The van der Waals surface area contributed by atoms with E-state index in [2.05, 4.69) is 24.1 Å². The van der Waals surface area contributed by atoms with E-state index in [1.807, 2.05) is 0 Å². The smallest absolute Gasteiger partial charge is 0.211 e. The van der Waals surface area contributed by atoms with Crippen LogP contribution in [0.2, 0.25) is 0 Å². The number of hydrogen-bond donors (Lipinski definition) is 1. The van der Waals surface area contributed by atoms with E-state index in [4.69, 9.17) is 0 Å². The highest BCUT2D eigenvalue weighted by Crippen LogP contribution is 2.20. The Hall–Kier alpha value is -0.170. The van der Waals surface area contributed by atoms with Crippen LogP contribution >= 0.6 is 0 Å². The second kappa shape index (κ2) is 6.08. The van der Waals surface area contributed by atoms with Crippen molar-refractivity contribution in [1.82, 2.24) is 14.5 Å². The van der Waals surface area contributed by atoms with Crippen LogP contribution in [0.1, 0.15) is 26.7 Å². The van der Waals surface area contributed by atoms with Crippen LogP contribution in [-0.2, 0) is 10.0 Å². The summed E-state index contributed by atoms with van der Waals surface area (Å²) in [4.78, 5) is 2.42. The first-order chi connectivity index (χ1) is 8.88. The zero-order chi connectivity index (χ0) is 14.0. The lowest BCUT2D eigenvalue weighted by atomic mass is 10.0. The minimum absolute atomic E-state index is 0.507. The molecule has 0 aromatic rings. The largest absolute Gasteiger partial charge is 0.314 e. The van der Waals surface area contributed by atoms with Gasteiger partial charge in [0.25, 0.3) is 0 Å². The van der Waals surface area contributed by atoms with Crippen molar-refractivity contribution in [3.05, 3.63) is 0 Å². The van der Waals surface area contributed by atoms with E-state index in [0.29, 0.717) is 25.0 Å². The molecule has 0 bridgehead atoms. The third-order valence-corrected chi connectivity index (χ3v) is 5.75. The summed E-state index contributed by atoms with van der Waals surface area (Å²) in [6.45, 7) is 8.57. The molecule has 1 saturated carbocycles. The fourth-order valence-electron chi connectivity index (χ4n) is 2.61. The van der Waals surface area contributed by atoms with Crippen LogP contribution in [0.5, 0.6) is 0 Å². The molecule has 1 N–H and O–H groups in total. The molecule has 112 valence electrons. The minimum Gasteiger partial charge on any atom is -0.314 e.